The van der Waals surface area contributed by atoms with E-state index in [0.717, 1.165) is 23.3 Å². The van der Waals surface area contributed by atoms with Crippen molar-refractivity contribution < 1.29 is 24.8 Å². The summed E-state index contributed by atoms with van der Waals surface area (Å²) in [6.07, 6.45) is 11.8. The van der Waals surface area contributed by atoms with Gasteiger partial charge in [0.2, 0.25) is 0 Å². The normalized spacial score (nSPS) is 16.1. The molecule has 0 amide bonds. The smallest absolute Gasteiger partial charge is 0.116 e. The first-order chi connectivity index (χ1) is 14.2. The first-order valence-electron chi connectivity index (χ1n) is 10.3. The van der Waals surface area contributed by atoms with Gasteiger partial charge in [-0.15, -0.1) is 18.2 Å². The molecular formula is C24H39ClO5. The SMILES string of the molecule is C=CC/C=C(\C=C/COCC(O)CCl)C(C)(C)/C(C)=C/C=C(\CC)OC[C@@H](O)CO. The van der Waals surface area contributed by atoms with Gasteiger partial charge in [0.1, 0.15) is 12.7 Å². The van der Waals surface area contributed by atoms with Crippen molar-refractivity contribution in [2.45, 2.75) is 52.7 Å². The van der Waals surface area contributed by atoms with Crippen molar-refractivity contribution in [3.63, 3.8) is 0 Å². The lowest BCUT2D eigenvalue weighted by molar-refractivity contribution is 0.0287. The molecule has 0 aliphatic carbocycles. The Morgan fingerprint density at radius 1 is 1.17 bits per heavy atom. The Kier molecular flexibility index (Phi) is 15.6. The Hall–Kier alpha value is -1.37. The Labute approximate surface area is 187 Å². The van der Waals surface area contributed by atoms with Gasteiger partial charge in [-0.2, -0.15) is 0 Å². The van der Waals surface area contributed by atoms with E-state index < -0.39 is 12.2 Å². The zero-order chi connectivity index (χ0) is 23.0. The van der Waals surface area contributed by atoms with Crippen LogP contribution in [0.2, 0.25) is 0 Å². The standard InChI is InChI=1S/C24H39ClO5/c1-6-8-10-20(11-9-14-29-17-21(27)15-25)24(4,5)19(3)12-13-23(7-2)30-18-22(28)16-26/h6,9-13,21-22,26-28H,1,7-8,14-18H2,2-5H3/b11-9-,19-12+,20-10+,23-13+/t21?,22-/m0/s1. The van der Waals surface area contributed by atoms with Gasteiger partial charge >= 0.3 is 0 Å². The second-order valence-corrected chi connectivity index (χ2v) is 7.85. The van der Waals surface area contributed by atoms with Crippen LogP contribution in [-0.4, -0.2) is 59.8 Å². The van der Waals surface area contributed by atoms with Crippen LogP contribution in [0.15, 0.2) is 59.9 Å². The second-order valence-electron chi connectivity index (χ2n) is 7.54. The van der Waals surface area contributed by atoms with Gasteiger partial charge < -0.3 is 24.8 Å². The zero-order valence-corrected chi connectivity index (χ0v) is 19.6. The summed E-state index contributed by atoms with van der Waals surface area (Å²) < 4.78 is 11.0. The summed E-state index contributed by atoms with van der Waals surface area (Å²) in [5, 5.41) is 27.8. The Morgan fingerprint density at radius 2 is 1.87 bits per heavy atom. The van der Waals surface area contributed by atoms with Crippen molar-refractivity contribution in [2.75, 3.05) is 32.3 Å². The molecule has 0 heterocycles. The largest absolute Gasteiger partial charge is 0.495 e. The van der Waals surface area contributed by atoms with Crippen molar-refractivity contribution in [3.05, 3.63) is 59.9 Å². The number of ether oxygens (including phenoxy) is 2. The predicted octanol–water partition coefficient (Wildman–Crippen LogP) is 4.30. The van der Waals surface area contributed by atoms with Crippen LogP contribution in [0.4, 0.5) is 0 Å². The number of halogens is 1. The maximum absolute atomic E-state index is 9.46. The third-order valence-corrected chi connectivity index (χ3v) is 5.11. The highest BCUT2D eigenvalue weighted by molar-refractivity contribution is 6.18. The minimum atomic E-state index is -0.882. The van der Waals surface area contributed by atoms with E-state index in [1.54, 1.807) is 0 Å². The van der Waals surface area contributed by atoms with E-state index in [2.05, 4.69) is 33.4 Å². The number of alkyl halides is 1. The first-order valence-corrected chi connectivity index (χ1v) is 10.9. The van der Waals surface area contributed by atoms with Gasteiger partial charge in [-0.1, -0.05) is 56.7 Å². The average Bonchev–Trinajstić information content (AvgIpc) is 2.74. The molecule has 172 valence electrons. The van der Waals surface area contributed by atoms with Crippen molar-refractivity contribution >= 4 is 11.6 Å². The predicted molar refractivity (Wildman–Crippen MR) is 125 cm³/mol. The molecule has 5 nitrogen and oxygen atoms in total. The average molecular weight is 443 g/mol. The van der Waals surface area contributed by atoms with Crippen LogP contribution in [0.1, 0.15) is 40.5 Å². The third kappa shape index (κ3) is 11.7. The lowest BCUT2D eigenvalue weighted by atomic mass is 9.77. The molecule has 0 aromatic carbocycles. The van der Waals surface area contributed by atoms with Crippen molar-refractivity contribution in [1.29, 1.82) is 0 Å². The molecule has 0 saturated heterocycles. The lowest BCUT2D eigenvalue weighted by Crippen LogP contribution is -2.19. The monoisotopic (exact) mass is 442 g/mol. The fourth-order valence-electron chi connectivity index (χ4n) is 2.41. The van der Waals surface area contributed by atoms with Crippen LogP contribution >= 0.6 is 11.6 Å². The molecule has 3 N–H and O–H groups in total. The molecule has 0 fully saturated rings. The molecule has 0 saturated carbocycles. The van der Waals surface area contributed by atoms with Gasteiger partial charge in [-0.25, -0.2) is 0 Å². The van der Waals surface area contributed by atoms with Crippen LogP contribution in [0, 0.1) is 5.41 Å². The molecule has 0 aliphatic heterocycles. The molecule has 0 aromatic heterocycles. The molecule has 30 heavy (non-hydrogen) atoms. The van der Waals surface area contributed by atoms with E-state index in [-0.39, 0.29) is 31.1 Å². The molecule has 0 spiro atoms. The second kappa shape index (κ2) is 16.3. The van der Waals surface area contributed by atoms with Crippen molar-refractivity contribution in [2.24, 2.45) is 5.41 Å². The number of aliphatic hydroxyl groups is 3. The Balaban J connectivity index is 5.29. The first kappa shape index (κ1) is 28.6. The van der Waals surface area contributed by atoms with Crippen molar-refractivity contribution in [1.82, 2.24) is 0 Å². The van der Waals surface area contributed by atoms with Crippen LogP contribution in [0.3, 0.4) is 0 Å². The molecule has 2 atom stereocenters. The summed E-state index contributed by atoms with van der Waals surface area (Å²) in [7, 11) is 0. The highest BCUT2D eigenvalue weighted by atomic mass is 35.5. The van der Waals surface area contributed by atoms with Crippen LogP contribution in [-0.2, 0) is 9.47 Å². The van der Waals surface area contributed by atoms with E-state index in [9.17, 15) is 10.2 Å². The topological polar surface area (TPSA) is 79.2 Å². The van der Waals surface area contributed by atoms with E-state index in [1.165, 1.54) is 0 Å². The minimum Gasteiger partial charge on any atom is -0.495 e. The van der Waals surface area contributed by atoms with Gasteiger partial charge in [-0.05, 0) is 25.0 Å². The van der Waals surface area contributed by atoms with Crippen molar-refractivity contribution in [3.8, 4) is 0 Å². The summed E-state index contributed by atoms with van der Waals surface area (Å²) in [5.74, 6) is 0.900. The fourth-order valence-corrected chi connectivity index (χ4v) is 2.50. The number of hydrogen-bond acceptors (Lipinski definition) is 5. The molecule has 0 radical (unpaired) electrons. The quantitative estimate of drug-likeness (QED) is 0.109. The number of allylic oxidation sites excluding steroid dienone is 8. The summed E-state index contributed by atoms with van der Waals surface area (Å²) >= 11 is 5.56. The summed E-state index contributed by atoms with van der Waals surface area (Å²) in [4.78, 5) is 0. The van der Waals surface area contributed by atoms with E-state index >= 15 is 0 Å². The van der Waals surface area contributed by atoms with Gasteiger partial charge in [0.05, 0.1) is 37.6 Å². The van der Waals surface area contributed by atoms with E-state index in [1.807, 2.05) is 37.3 Å². The van der Waals surface area contributed by atoms with Gasteiger partial charge in [-0.3, -0.25) is 0 Å². The van der Waals surface area contributed by atoms with E-state index in [4.69, 9.17) is 26.2 Å². The summed E-state index contributed by atoms with van der Waals surface area (Å²) in [5.41, 5.74) is 2.02. The van der Waals surface area contributed by atoms with Crippen LogP contribution < -0.4 is 0 Å². The van der Waals surface area contributed by atoms with Crippen LogP contribution in [0.25, 0.3) is 0 Å². The third-order valence-electron chi connectivity index (χ3n) is 4.75. The van der Waals surface area contributed by atoms with E-state index in [0.29, 0.717) is 13.0 Å². The highest BCUT2D eigenvalue weighted by Gasteiger charge is 2.23. The van der Waals surface area contributed by atoms with Gasteiger partial charge in [0, 0.05) is 11.8 Å². The molecule has 0 rings (SSSR count). The Morgan fingerprint density at radius 3 is 2.43 bits per heavy atom. The Bertz CT molecular complexity index is 605. The minimum absolute atomic E-state index is 0.0676. The molecule has 0 bridgehead atoms. The summed E-state index contributed by atoms with van der Waals surface area (Å²) in [6.45, 7) is 12.5. The number of hydrogen-bond donors (Lipinski definition) is 3. The number of aliphatic hydroxyl groups excluding tert-OH is 3. The molecule has 0 aromatic rings. The molecule has 0 aliphatic rings. The lowest BCUT2D eigenvalue weighted by Gasteiger charge is -2.28. The molecular weight excluding hydrogens is 404 g/mol. The fraction of sp³-hybridized carbons (Fsp3) is 0.583. The maximum atomic E-state index is 9.46. The molecule has 1 unspecified atom stereocenters. The summed E-state index contributed by atoms with van der Waals surface area (Å²) in [6, 6.07) is 0. The number of rotatable bonds is 16. The van der Waals surface area contributed by atoms with Gasteiger partial charge in [0.15, 0.2) is 0 Å². The molecule has 6 heteroatoms. The zero-order valence-electron chi connectivity index (χ0n) is 18.8. The van der Waals surface area contributed by atoms with Crippen LogP contribution in [0.5, 0.6) is 0 Å². The highest BCUT2D eigenvalue weighted by Crippen LogP contribution is 2.36. The van der Waals surface area contributed by atoms with Gasteiger partial charge in [0.25, 0.3) is 0 Å². The maximum Gasteiger partial charge on any atom is 0.116 e.